The fraction of sp³-hybridized carbons (Fsp3) is 0.200. The smallest absolute Gasteiger partial charge is 0.0181 e. The van der Waals surface area contributed by atoms with Gasteiger partial charge >= 0.3 is 0 Å². The fourth-order valence-corrected chi connectivity index (χ4v) is 2.37. The van der Waals surface area contributed by atoms with E-state index in [1.54, 1.807) is 0 Å². The van der Waals surface area contributed by atoms with Gasteiger partial charge < -0.3 is 0 Å². The summed E-state index contributed by atoms with van der Waals surface area (Å²) in [5.74, 6) is 1.09. The summed E-state index contributed by atoms with van der Waals surface area (Å²) in [6, 6.07) is 17.4. The minimum absolute atomic E-state index is 1.09. The van der Waals surface area contributed by atoms with Gasteiger partial charge in [-0.1, -0.05) is 48.5 Å². The number of thioether (sulfide) groups is 1. The van der Waals surface area contributed by atoms with E-state index in [-0.39, 0.29) is 0 Å². The molecule has 0 aliphatic heterocycles. The summed E-state index contributed by atoms with van der Waals surface area (Å²) < 4.78 is 0. The van der Waals surface area contributed by atoms with Gasteiger partial charge in [0.15, 0.2) is 0 Å². The highest BCUT2D eigenvalue weighted by atomic mass is 32.2. The maximum atomic E-state index is 2.22. The van der Waals surface area contributed by atoms with E-state index in [1.807, 2.05) is 11.8 Å². The largest absolute Gasteiger partial charge is 0.161 e. The highest BCUT2D eigenvalue weighted by Gasteiger charge is 2.00. The summed E-state index contributed by atoms with van der Waals surface area (Å²) in [7, 11) is 0. The molecule has 16 heavy (non-hydrogen) atoms. The van der Waals surface area contributed by atoms with E-state index in [0.717, 1.165) is 5.75 Å². The van der Waals surface area contributed by atoms with Crippen molar-refractivity contribution in [1.29, 1.82) is 0 Å². The molecule has 0 N–H and O–H groups in total. The van der Waals surface area contributed by atoms with E-state index in [1.165, 1.54) is 22.3 Å². The topological polar surface area (TPSA) is 0 Å². The number of aryl methyl sites for hydroxylation is 1. The Morgan fingerprint density at radius 2 is 1.62 bits per heavy atom. The van der Waals surface area contributed by atoms with Crippen LogP contribution in [0.25, 0.3) is 11.1 Å². The Morgan fingerprint density at radius 3 is 2.25 bits per heavy atom. The molecule has 2 aromatic carbocycles. The van der Waals surface area contributed by atoms with Gasteiger partial charge in [0, 0.05) is 5.75 Å². The van der Waals surface area contributed by atoms with E-state index in [2.05, 4.69) is 61.7 Å². The Hall–Kier alpha value is -1.21. The van der Waals surface area contributed by atoms with Crippen molar-refractivity contribution in [1.82, 2.24) is 0 Å². The second-order valence-electron chi connectivity index (χ2n) is 3.94. The molecule has 0 atom stereocenters. The zero-order valence-corrected chi connectivity index (χ0v) is 10.6. The van der Waals surface area contributed by atoms with Gasteiger partial charge in [-0.2, -0.15) is 11.8 Å². The second-order valence-corrected chi connectivity index (χ2v) is 4.81. The van der Waals surface area contributed by atoms with Gasteiger partial charge in [0.25, 0.3) is 0 Å². The molecule has 0 fully saturated rings. The van der Waals surface area contributed by atoms with Gasteiger partial charge in [0.05, 0.1) is 0 Å². The van der Waals surface area contributed by atoms with E-state index in [4.69, 9.17) is 0 Å². The average Bonchev–Trinajstić information content (AvgIpc) is 2.31. The number of hydrogen-bond donors (Lipinski definition) is 0. The Bertz CT molecular complexity index is 457. The molecule has 2 aromatic rings. The minimum Gasteiger partial charge on any atom is -0.161 e. The van der Waals surface area contributed by atoms with Crippen LogP contribution in [0.1, 0.15) is 11.1 Å². The Labute approximate surface area is 102 Å². The van der Waals surface area contributed by atoms with Crippen molar-refractivity contribution in [2.75, 3.05) is 6.26 Å². The summed E-state index contributed by atoms with van der Waals surface area (Å²) in [5.41, 5.74) is 5.37. The molecule has 0 nitrogen and oxygen atoms in total. The van der Waals surface area contributed by atoms with Gasteiger partial charge in [0.1, 0.15) is 0 Å². The van der Waals surface area contributed by atoms with Crippen LogP contribution in [0.15, 0.2) is 48.5 Å². The summed E-state index contributed by atoms with van der Waals surface area (Å²) in [6.07, 6.45) is 2.13. The third-order valence-electron chi connectivity index (χ3n) is 2.72. The lowest BCUT2D eigenvalue weighted by Crippen LogP contribution is -1.84. The van der Waals surface area contributed by atoms with Crippen molar-refractivity contribution in [3.8, 4) is 11.1 Å². The lowest BCUT2D eigenvalue weighted by molar-refractivity contribution is 1.40. The number of benzene rings is 2. The summed E-state index contributed by atoms with van der Waals surface area (Å²) in [4.78, 5) is 0. The maximum Gasteiger partial charge on any atom is 0.0181 e. The maximum absolute atomic E-state index is 2.22. The highest BCUT2D eigenvalue weighted by Crippen LogP contribution is 2.23. The van der Waals surface area contributed by atoms with E-state index in [9.17, 15) is 0 Å². The molecule has 0 amide bonds. The quantitative estimate of drug-likeness (QED) is 0.744. The molecule has 0 saturated heterocycles. The molecule has 0 unspecified atom stereocenters. The molecule has 0 saturated carbocycles. The molecule has 0 heterocycles. The van der Waals surface area contributed by atoms with Crippen LogP contribution in [0.3, 0.4) is 0 Å². The fourth-order valence-electron chi connectivity index (χ4n) is 1.84. The van der Waals surface area contributed by atoms with Crippen LogP contribution < -0.4 is 0 Å². The lowest BCUT2D eigenvalue weighted by atomic mass is 10.00. The van der Waals surface area contributed by atoms with Crippen LogP contribution in [0, 0.1) is 6.92 Å². The first kappa shape index (κ1) is 11.3. The van der Waals surface area contributed by atoms with Crippen molar-refractivity contribution < 1.29 is 0 Å². The predicted octanol–water partition coefficient (Wildman–Crippen LogP) is 4.53. The van der Waals surface area contributed by atoms with E-state index in [0.29, 0.717) is 0 Å². The Balaban J connectivity index is 2.31. The zero-order valence-electron chi connectivity index (χ0n) is 9.73. The van der Waals surface area contributed by atoms with Crippen LogP contribution in [-0.2, 0) is 5.75 Å². The van der Waals surface area contributed by atoms with Crippen LogP contribution in [-0.4, -0.2) is 6.26 Å². The molecule has 0 bridgehead atoms. The van der Waals surface area contributed by atoms with Gasteiger partial charge in [0.2, 0.25) is 0 Å². The Morgan fingerprint density at radius 1 is 0.938 bits per heavy atom. The normalized spacial score (nSPS) is 10.4. The molecule has 0 spiro atoms. The van der Waals surface area contributed by atoms with Crippen LogP contribution >= 0.6 is 11.8 Å². The first-order valence-electron chi connectivity index (χ1n) is 5.45. The summed E-state index contributed by atoms with van der Waals surface area (Å²) in [5, 5.41) is 0. The molecule has 2 rings (SSSR count). The zero-order chi connectivity index (χ0) is 11.4. The van der Waals surface area contributed by atoms with E-state index >= 15 is 0 Å². The van der Waals surface area contributed by atoms with Crippen molar-refractivity contribution in [3.63, 3.8) is 0 Å². The molecular formula is C15H16S. The standard InChI is InChI=1S/C15H16S/c1-12-5-3-4-6-15(12)14-9-7-13(8-10-14)11-16-2/h3-10H,11H2,1-2H3. The van der Waals surface area contributed by atoms with Crippen molar-refractivity contribution in [3.05, 3.63) is 59.7 Å². The lowest BCUT2D eigenvalue weighted by Gasteiger charge is -2.06. The molecule has 0 radical (unpaired) electrons. The number of hydrogen-bond acceptors (Lipinski definition) is 1. The first-order chi connectivity index (χ1) is 7.81. The third-order valence-corrected chi connectivity index (χ3v) is 3.34. The van der Waals surface area contributed by atoms with E-state index < -0.39 is 0 Å². The van der Waals surface area contributed by atoms with Crippen LogP contribution in [0.5, 0.6) is 0 Å². The van der Waals surface area contributed by atoms with Crippen molar-refractivity contribution >= 4 is 11.8 Å². The van der Waals surface area contributed by atoms with Gasteiger partial charge in [-0.05, 0) is 35.4 Å². The third kappa shape index (κ3) is 2.48. The first-order valence-corrected chi connectivity index (χ1v) is 6.84. The summed E-state index contributed by atoms with van der Waals surface area (Å²) in [6.45, 7) is 2.16. The van der Waals surface area contributed by atoms with Crippen molar-refractivity contribution in [2.24, 2.45) is 0 Å². The minimum atomic E-state index is 1.09. The monoisotopic (exact) mass is 228 g/mol. The highest BCUT2D eigenvalue weighted by molar-refractivity contribution is 7.97. The van der Waals surface area contributed by atoms with Gasteiger partial charge in [-0.3, -0.25) is 0 Å². The van der Waals surface area contributed by atoms with Gasteiger partial charge in [-0.25, -0.2) is 0 Å². The molecule has 82 valence electrons. The van der Waals surface area contributed by atoms with Crippen LogP contribution in [0.4, 0.5) is 0 Å². The summed E-state index contributed by atoms with van der Waals surface area (Å²) >= 11 is 1.86. The molecular weight excluding hydrogens is 212 g/mol. The number of rotatable bonds is 3. The second kappa shape index (κ2) is 5.22. The van der Waals surface area contributed by atoms with Crippen LogP contribution in [0.2, 0.25) is 0 Å². The van der Waals surface area contributed by atoms with Crippen molar-refractivity contribution in [2.45, 2.75) is 12.7 Å². The predicted molar refractivity (Wildman–Crippen MR) is 73.8 cm³/mol. The average molecular weight is 228 g/mol. The molecule has 0 aliphatic carbocycles. The SMILES string of the molecule is CSCc1ccc(-c2ccccc2C)cc1. The molecule has 0 aliphatic rings. The Kier molecular flexibility index (Phi) is 3.68. The molecule has 0 aromatic heterocycles. The molecule has 1 heteroatoms. The van der Waals surface area contributed by atoms with Gasteiger partial charge in [-0.15, -0.1) is 0 Å².